The second-order valence-electron chi connectivity index (χ2n) is 10.6. The van der Waals surface area contributed by atoms with Crippen molar-refractivity contribution in [2.75, 3.05) is 6.61 Å². The van der Waals surface area contributed by atoms with Crippen LogP contribution in [0, 0.1) is 5.92 Å². The molecule has 0 aliphatic heterocycles. The molecule has 1 N–H and O–H groups in total. The lowest BCUT2D eigenvalue weighted by Gasteiger charge is -2.29. The molecule has 3 nitrogen and oxygen atoms in total. The Bertz CT molecular complexity index is 998. The summed E-state index contributed by atoms with van der Waals surface area (Å²) in [5.74, 6) is 1.29. The number of aliphatic hydroxyl groups excluding tert-OH is 1. The van der Waals surface area contributed by atoms with Gasteiger partial charge in [-0.1, -0.05) is 82.5 Å². The number of carbonyl (C=O) groups excluding carboxylic acids is 1. The third-order valence-corrected chi connectivity index (χ3v) is 7.90. The van der Waals surface area contributed by atoms with Crippen LogP contribution in [0.5, 0.6) is 0 Å². The fourth-order valence-corrected chi connectivity index (χ4v) is 5.64. The summed E-state index contributed by atoms with van der Waals surface area (Å²) < 4.78 is 5.25. The van der Waals surface area contributed by atoms with Crippen molar-refractivity contribution < 1.29 is 14.6 Å². The largest absolute Gasteiger partial charge is 0.462 e. The van der Waals surface area contributed by atoms with E-state index in [2.05, 4.69) is 50.8 Å². The summed E-state index contributed by atoms with van der Waals surface area (Å²) in [6.07, 6.45) is 13.4. The first-order valence-corrected chi connectivity index (χ1v) is 14.1. The highest BCUT2D eigenvalue weighted by Crippen LogP contribution is 2.39. The van der Waals surface area contributed by atoms with Crippen LogP contribution in [0.25, 0.3) is 11.1 Å². The van der Waals surface area contributed by atoms with Crippen LogP contribution in [0.3, 0.4) is 0 Å². The van der Waals surface area contributed by atoms with Crippen LogP contribution in [0.15, 0.2) is 48.6 Å². The van der Waals surface area contributed by atoms with Crippen molar-refractivity contribution in [3.8, 4) is 11.1 Å². The summed E-state index contributed by atoms with van der Waals surface area (Å²) in [5.41, 5.74) is 7.87. The monoisotopic (exact) mass is 490 g/mol. The highest BCUT2D eigenvalue weighted by Gasteiger charge is 2.22. The molecule has 0 amide bonds. The van der Waals surface area contributed by atoms with E-state index in [0.717, 1.165) is 36.3 Å². The van der Waals surface area contributed by atoms with Gasteiger partial charge in [0.2, 0.25) is 0 Å². The van der Waals surface area contributed by atoms with E-state index in [-0.39, 0.29) is 12.6 Å². The molecule has 0 heterocycles. The number of rotatable bonds is 13. The molecule has 3 rings (SSSR count). The summed E-state index contributed by atoms with van der Waals surface area (Å²) in [6, 6.07) is 13.5. The van der Waals surface area contributed by atoms with Gasteiger partial charge < -0.3 is 9.84 Å². The molecule has 196 valence electrons. The molecule has 1 saturated carbocycles. The molecular formula is C33H46O3. The summed E-state index contributed by atoms with van der Waals surface area (Å²) in [4.78, 5) is 11.6. The second-order valence-corrected chi connectivity index (χ2v) is 10.6. The second kappa shape index (κ2) is 14.4. The number of hydrogen-bond acceptors (Lipinski definition) is 3. The van der Waals surface area contributed by atoms with E-state index < -0.39 is 0 Å². The van der Waals surface area contributed by atoms with Crippen LogP contribution in [-0.4, -0.2) is 17.7 Å². The Kier molecular flexibility index (Phi) is 11.3. The molecular weight excluding hydrogens is 444 g/mol. The number of unbranched alkanes of at least 4 members (excludes halogenated alkanes) is 2. The molecule has 2 aromatic carbocycles. The molecule has 0 unspecified atom stereocenters. The first-order valence-electron chi connectivity index (χ1n) is 14.1. The van der Waals surface area contributed by atoms with Crippen molar-refractivity contribution in [3.63, 3.8) is 0 Å². The molecule has 1 aliphatic rings. The fraction of sp³-hybridized carbons (Fsp3) is 0.545. The van der Waals surface area contributed by atoms with Gasteiger partial charge in [-0.2, -0.15) is 0 Å². The number of hydrogen-bond donors (Lipinski definition) is 1. The Morgan fingerprint density at radius 1 is 0.972 bits per heavy atom. The van der Waals surface area contributed by atoms with Gasteiger partial charge in [-0.15, -0.1) is 0 Å². The molecule has 0 atom stereocenters. The molecule has 2 aromatic rings. The first kappa shape index (κ1) is 28.2. The summed E-state index contributed by atoms with van der Waals surface area (Å²) >= 11 is 0. The molecule has 0 radical (unpaired) electrons. The maximum Gasteiger partial charge on any atom is 0.333 e. The summed E-state index contributed by atoms with van der Waals surface area (Å²) in [6.45, 7) is 10.2. The van der Waals surface area contributed by atoms with E-state index in [0.29, 0.717) is 18.1 Å². The van der Waals surface area contributed by atoms with E-state index >= 15 is 0 Å². The molecule has 0 bridgehead atoms. The maximum absolute atomic E-state index is 11.6. The minimum absolute atomic E-state index is 0.0157. The minimum Gasteiger partial charge on any atom is -0.462 e. The molecule has 0 aromatic heterocycles. The quantitative estimate of drug-likeness (QED) is 0.174. The Labute approximate surface area is 219 Å². The third-order valence-electron chi connectivity index (χ3n) is 7.90. The smallest absolute Gasteiger partial charge is 0.333 e. The Morgan fingerprint density at radius 2 is 1.75 bits per heavy atom. The zero-order valence-electron chi connectivity index (χ0n) is 22.8. The van der Waals surface area contributed by atoms with E-state index in [9.17, 15) is 9.90 Å². The zero-order valence-corrected chi connectivity index (χ0v) is 22.8. The van der Waals surface area contributed by atoms with Gasteiger partial charge in [-0.25, -0.2) is 4.79 Å². The average Bonchev–Trinajstić information content (AvgIpc) is 2.91. The van der Waals surface area contributed by atoms with Crippen molar-refractivity contribution in [2.24, 2.45) is 5.92 Å². The van der Waals surface area contributed by atoms with Crippen molar-refractivity contribution >= 4 is 5.97 Å². The van der Waals surface area contributed by atoms with Crippen LogP contribution < -0.4 is 0 Å². The van der Waals surface area contributed by atoms with Crippen LogP contribution in [0.1, 0.15) is 107 Å². The SMILES string of the molecule is C=C(C)C(=O)OCCCc1cc(-c2ccc(C3CCC(CCCCC)CC3)cc2CC)ccc1CO. The molecule has 0 saturated heterocycles. The van der Waals surface area contributed by atoms with E-state index in [4.69, 9.17) is 4.74 Å². The van der Waals surface area contributed by atoms with Crippen LogP contribution in [0.2, 0.25) is 0 Å². The lowest BCUT2D eigenvalue weighted by Crippen LogP contribution is -2.13. The summed E-state index contributed by atoms with van der Waals surface area (Å²) in [5, 5.41) is 9.86. The van der Waals surface area contributed by atoms with Crippen LogP contribution >= 0.6 is 0 Å². The molecule has 3 heteroatoms. The van der Waals surface area contributed by atoms with Gasteiger partial charge >= 0.3 is 5.97 Å². The van der Waals surface area contributed by atoms with Gasteiger partial charge in [-0.3, -0.25) is 0 Å². The van der Waals surface area contributed by atoms with Crippen molar-refractivity contribution in [1.82, 2.24) is 0 Å². The maximum atomic E-state index is 11.6. The predicted molar refractivity (Wildman–Crippen MR) is 150 cm³/mol. The van der Waals surface area contributed by atoms with E-state index in [1.807, 2.05) is 6.07 Å². The number of esters is 1. The van der Waals surface area contributed by atoms with Crippen LogP contribution in [-0.2, 0) is 29.0 Å². The number of aliphatic hydroxyl groups is 1. The van der Waals surface area contributed by atoms with E-state index in [1.165, 1.54) is 73.6 Å². The highest BCUT2D eigenvalue weighted by atomic mass is 16.5. The lowest BCUT2D eigenvalue weighted by molar-refractivity contribution is -0.139. The standard InChI is InChI=1S/C33H46O3/c1-5-7-8-10-25-12-14-27(15-13-25)29-18-19-32(26(6-2)21-29)30-16-17-31(23-34)28(22-30)11-9-20-36-33(35)24(3)4/h16-19,21-22,25,27,34H,3,5-15,20,23H2,1-2,4H3. The first-order chi connectivity index (χ1) is 17.5. The normalized spacial score (nSPS) is 17.7. The minimum atomic E-state index is -0.344. The zero-order chi connectivity index (χ0) is 25.9. The van der Waals surface area contributed by atoms with Gasteiger partial charge in [0, 0.05) is 5.57 Å². The van der Waals surface area contributed by atoms with Gasteiger partial charge in [0.1, 0.15) is 0 Å². The summed E-state index contributed by atoms with van der Waals surface area (Å²) in [7, 11) is 0. The van der Waals surface area contributed by atoms with Gasteiger partial charge in [0.25, 0.3) is 0 Å². The van der Waals surface area contributed by atoms with Gasteiger partial charge in [0.15, 0.2) is 0 Å². The number of carbonyl (C=O) groups is 1. The number of benzene rings is 2. The van der Waals surface area contributed by atoms with Crippen LogP contribution in [0.4, 0.5) is 0 Å². The Hall–Kier alpha value is -2.39. The van der Waals surface area contributed by atoms with Crippen molar-refractivity contribution in [2.45, 2.75) is 104 Å². The average molecular weight is 491 g/mol. The Morgan fingerprint density at radius 3 is 2.42 bits per heavy atom. The van der Waals surface area contributed by atoms with Gasteiger partial charge in [0.05, 0.1) is 13.2 Å². The van der Waals surface area contributed by atoms with Crippen molar-refractivity contribution in [3.05, 3.63) is 70.8 Å². The van der Waals surface area contributed by atoms with E-state index in [1.54, 1.807) is 6.92 Å². The third kappa shape index (κ3) is 7.80. The fourth-order valence-electron chi connectivity index (χ4n) is 5.64. The lowest BCUT2D eigenvalue weighted by atomic mass is 9.76. The molecule has 0 spiro atoms. The number of aryl methyl sites for hydroxylation is 2. The predicted octanol–water partition coefficient (Wildman–Crippen LogP) is 8.31. The highest BCUT2D eigenvalue weighted by molar-refractivity contribution is 5.86. The molecule has 1 fully saturated rings. The van der Waals surface area contributed by atoms with Gasteiger partial charge in [-0.05, 0) is 97.1 Å². The molecule has 1 aliphatic carbocycles. The topological polar surface area (TPSA) is 46.5 Å². The number of ether oxygens (including phenoxy) is 1. The molecule has 36 heavy (non-hydrogen) atoms. The Balaban J connectivity index is 1.68. The van der Waals surface area contributed by atoms with Crippen molar-refractivity contribution in [1.29, 1.82) is 0 Å².